The molecular formula is C12H24Cl4O8P2. The number of phosphoric ester groups is 2. The molecule has 26 heavy (non-hydrogen) atoms. The zero-order chi connectivity index (χ0) is 20.6. The van der Waals surface area contributed by atoms with Gasteiger partial charge in [0.15, 0.2) is 5.79 Å². The van der Waals surface area contributed by atoms with Crippen LogP contribution in [0, 0.1) is 11.3 Å². The summed E-state index contributed by atoms with van der Waals surface area (Å²) < 4.78 is 33.1. The van der Waals surface area contributed by atoms with E-state index in [1.807, 2.05) is 0 Å². The van der Waals surface area contributed by atoms with E-state index >= 15 is 0 Å². The van der Waals surface area contributed by atoms with Crippen molar-refractivity contribution >= 4 is 62.0 Å². The van der Waals surface area contributed by atoms with E-state index in [0.717, 1.165) is 0 Å². The van der Waals surface area contributed by atoms with Gasteiger partial charge >= 0.3 is 15.6 Å². The van der Waals surface area contributed by atoms with Crippen molar-refractivity contribution in [3.05, 3.63) is 0 Å². The summed E-state index contributed by atoms with van der Waals surface area (Å²) >= 11 is 23.4. The zero-order valence-corrected chi connectivity index (χ0v) is 18.9. The Kier molecular flexibility index (Phi) is 12.1. The third-order valence-corrected chi connectivity index (χ3v) is 6.13. The first kappa shape index (κ1) is 27.4. The summed E-state index contributed by atoms with van der Waals surface area (Å²) in [4.78, 5) is 37.6. The Bertz CT molecular complexity index is 481. The summed E-state index contributed by atoms with van der Waals surface area (Å²) in [5.41, 5.74) is -1.37. The van der Waals surface area contributed by atoms with E-state index < -0.39 is 39.2 Å². The fourth-order valence-electron chi connectivity index (χ4n) is 3.20. The van der Waals surface area contributed by atoms with Gasteiger partial charge in [-0.3, -0.25) is 9.05 Å². The summed E-state index contributed by atoms with van der Waals surface area (Å²) in [6, 6.07) is 0. The van der Waals surface area contributed by atoms with Gasteiger partial charge in [-0.2, -0.15) is 0 Å². The van der Waals surface area contributed by atoms with Gasteiger partial charge < -0.3 is 19.6 Å². The van der Waals surface area contributed by atoms with Gasteiger partial charge in [0.2, 0.25) is 0 Å². The van der Waals surface area contributed by atoms with Crippen LogP contribution in [0.2, 0.25) is 0 Å². The third-order valence-electron chi connectivity index (χ3n) is 4.28. The highest BCUT2D eigenvalue weighted by Crippen LogP contribution is 2.61. The van der Waals surface area contributed by atoms with Crippen molar-refractivity contribution in [3.8, 4) is 0 Å². The lowest BCUT2D eigenvalue weighted by Crippen LogP contribution is -2.56. The van der Waals surface area contributed by atoms with Gasteiger partial charge in [-0.15, -0.1) is 46.4 Å². The van der Waals surface area contributed by atoms with Crippen molar-refractivity contribution in [1.82, 2.24) is 0 Å². The second-order valence-corrected chi connectivity index (χ2v) is 9.61. The molecule has 0 saturated carbocycles. The van der Waals surface area contributed by atoms with Crippen molar-refractivity contribution in [1.29, 1.82) is 0 Å². The van der Waals surface area contributed by atoms with Crippen LogP contribution in [0.25, 0.3) is 0 Å². The lowest BCUT2D eigenvalue weighted by molar-refractivity contribution is -0.240. The van der Waals surface area contributed by atoms with Gasteiger partial charge in [0, 0.05) is 35.4 Å². The van der Waals surface area contributed by atoms with Crippen LogP contribution in [0.4, 0.5) is 0 Å². The maximum Gasteiger partial charge on any atom is 0.472 e. The first-order valence-corrected chi connectivity index (χ1v) is 12.8. The fraction of sp³-hybridized carbons (Fsp3) is 1.00. The molecule has 0 aliphatic rings. The number of hydrogen-bond donors (Lipinski definition) is 4. The molecule has 0 spiro atoms. The van der Waals surface area contributed by atoms with Gasteiger partial charge in [-0.25, -0.2) is 9.13 Å². The van der Waals surface area contributed by atoms with Crippen LogP contribution in [0.3, 0.4) is 0 Å². The molecule has 0 aromatic heterocycles. The van der Waals surface area contributed by atoms with E-state index in [0.29, 0.717) is 6.42 Å². The summed E-state index contributed by atoms with van der Waals surface area (Å²) in [5.74, 6) is -3.01. The lowest BCUT2D eigenvalue weighted by Gasteiger charge is -2.52. The van der Waals surface area contributed by atoms with E-state index in [9.17, 15) is 28.7 Å². The number of phosphoric acid groups is 2. The SMILES string of the molecule is CC(CCCl)C(CCCl)(CCCl)C(CCCl)(OP(=O)(O)O)OP(=O)(O)O. The van der Waals surface area contributed by atoms with Crippen LogP contribution >= 0.6 is 62.0 Å². The molecule has 8 nitrogen and oxygen atoms in total. The minimum absolute atomic E-state index is 0.0113. The van der Waals surface area contributed by atoms with E-state index in [-0.39, 0.29) is 36.4 Å². The molecule has 14 heteroatoms. The highest BCUT2D eigenvalue weighted by molar-refractivity contribution is 7.47. The average molecular weight is 500 g/mol. The molecule has 0 radical (unpaired) electrons. The fourth-order valence-corrected chi connectivity index (χ4v) is 5.90. The van der Waals surface area contributed by atoms with Gasteiger partial charge in [-0.05, 0) is 25.2 Å². The molecule has 1 unspecified atom stereocenters. The van der Waals surface area contributed by atoms with Crippen LogP contribution in [-0.2, 0) is 18.2 Å². The summed E-state index contributed by atoms with van der Waals surface area (Å²) in [5, 5.41) is 0. The number of hydrogen-bond acceptors (Lipinski definition) is 4. The van der Waals surface area contributed by atoms with E-state index in [2.05, 4.69) is 0 Å². The Balaban J connectivity index is 6.68. The molecule has 0 fully saturated rings. The van der Waals surface area contributed by atoms with Crippen LogP contribution < -0.4 is 0 Å². The van der Waals surface area contributed by atoms with Crippen molar-refractivity contribution in [2.24, 2.45) is 11.3 Å². The molecule has 0 saturated heterocycles. The highest BCUT2D eigenvalue weighted by atomic mass is 35.5. The van der Waals surface area contributed by atoms with Gasteiger partial charge in [-0.1, -0.05) is 6.92 Å². The molecule has 0 amide bonds. The molecule has 0 aliphatic heterocycles. The Labute approximate surface area is 172 Å². The van der Waals surface area contributed by atoms with Gasteiger partial charge in [0.05, 0.1) is 0 Å². The van der Waals surface area contributed by atoms with Crippen molar-refractivity contribution < 1.29 is 37.8 Å². The van der Waals surface area contributed by atoms with E-state index in [1.165, 1.54) is 0 Å². The standard InChI is InChI=1S/C12H24Cl4O8P2/c1-10(2-6-13)11(3-7-14,4-8-15)12(5-9-16,23-25(17,18)19)24-26(20,21)22/h10H,2-9H2,1H3,(H2,17,18,19)(H2,20,21,22). The Morgan fingerprint density at radius 3 is 1.46 bits per heavy atom. The first-order chi connectivity index (χ1) is 11.8. The van der Waals surface area contributed by atoms with Crippen LogP contribution in [-0.4, -0.2) is 48.9 Å². The number of rotatable bonds is 14. The molecule has 0 aliphatic carbocycles. The molecule has 0 rings (SSSR count). The van der Waals surface area contributed by atoms with Gasteiger partial charge in [0.1, 0.15) is 0 Å². The summed E-state index contributed by atoms with van der Waals surface area (Å²) in [6.45, 7) is 1.69. The van der Waals surface area contributed by atoms with E-state index in [1.54, 1.807) is 6.92 Å². The first-order valence-electron chi connectivity index (χ1n) is 7.59. The maximum absolute atomic E-state index is 11.6. The van der Waals surface area contributed by atoms with Crippen molar-refractivity contribution in [2.45, 2.75) is 38.4 Å². The molecule has 0 aromatic rings. The Morgan fingerprint density at radius 2 is 1.19 bits per heavy atom. The molecule has 0 heterocycles. The third kappa shape index (κ3) is 8.02. The largest absolute Gasteiger partial charge is 0.472 e. The second kappa shape index (κ2) is 11.5. The van der Waals surface area contributed by atoms with Crippen LogP contribution in [0.15, 0.2) is 0 Å². The molecule has 4 N–H and O–H groups in total. The predicted octanol–water partition coefficient (Wildman–Crippen LogP) is 4.04. The molecule has 158 valence electrons. The monoisotopic (exact) mass is 498 g/mol. The second-order valence-electron chi connectivity index (χ2n) is 5.77. The van der Waals surface area contributed by atoms with Crippen molar-refractivity contribution in [2.75, 3.05) is 23.5 Å². The number of alkyl halides is 4. The molecule has 0 bridgehead atoms. The van der Waals surface area contributed by atoms with Gasteiger partial charge in [0.25, 0.3) is 0 Å². The number of halogens is 4. The zero-order valence-electron chi connectivity index (χ0n) is 14.1. The topological polar surface area (TPSA) is 134 Å². The smallest absolute Gasteiger partial charge is 0.303 e. The molecule has 1 atom stereocenters. The van der Waals surface area contributed by atoms with Crippen LogP contribution in [0.1, 0.15) is 32.6 Å². The Hall–Kier alpha value is 1.38. The van der Waals surface area contributed by atoms with Crippen molar-refractivity contribution in [3.63, 3.8) is 0 Å². The van der Waals surface area contributed by atoms with E-state index in [4.69, 9.17) is 55.5 Å². The Morgan fingerprint density at radius 1 is 0.808 bits per heavy atom. The molecular weight excluding hydrogens is 476 g/mol. The quantitative estimate of drug-likeness (QED) is 0.160. The lowest BCUT2D eigenvalue weighted by atomic mass is 9.64. The summed E-state index contributed by atoms with van der Waals surface area (Å²) in [6.07, 6.45) is -0.0218. The highest BCUT2D eigenvalue weighted by Gasteiger charge is 2.60. The average Bonchev–Trinajstić information content (AvgIpc) is 2.43. The maximum atomic E-state index is 11.6. The van der Waals surface area contributed by atoms with Crippen LogP contribution in [0.5, 0.6) is 0 Å². The predicted molar refractivity (Wildman–Crippen MR) is 102 cm³/mol. The molecule has 0 aromatic carbocycles. The minimum Gasteiger partial charge on any atom is -0.303 e. The normalized spacial score (nSPS) is 15.3. The minimum atomic E-state index is -5.25. The summed E-state index contributed by atoms with van der Waals surface area (Å²) in [7, 11) is -10.5.